The summed E-state index contributed by atoms with van der Waals surface area (Å²) in [6, 6.07) is 1.78. The molecule has 0 saturated heterocycles. The average molecular weight is 490 g/mol. The lowest BCUT2D eigenvalue weighted by molar-refractivity contribution is 1.07. The molecule has 0 saturated carbocycles. The number of rotatable bonds is 0. The van der Waals surface area contributed by atoms with E-state index in [2.05, 4.69) is 83.7 Å². The van der Waals surface area contributed by atoms with Gasteiger partial charge in [-0.3, -0.25) is 0 Å². The maximum absolute atomic E-state index is 3.92. The van der Waals surface area contributed by atoms with Crippen LogP contribution in [0.2, 0.25) is 0 Å². The summed E-state index contributed by atoms with van der Waals surface area (Å²) in [6.45, 7) is 1.94. The third kappa shape index (κ3) is 5.50. The van der Waals surface area contributed by atoms with Crippen molar-refractivity contribution in [2.45, 2.75) is 6.92 Å². The van der Waals surface area contributed by atoms with E-state index in [1.54, 1.807) is 6.07 Å². The van der Waals surface area contributed by atoms with E-state index in [-0.39, 0.29) is 0 Å². The molecule has 17 heavy (non-hydrogen) atoms. The molecular formula is C9H6Br4N4. The molecule has 0 N–H and O–H groups in total. The summed E-state index contributed by atoms with van der Waals surface area (Å²) in [4.78, 5) is 15.5. The SMILES string of the molecule is Brc1cc(Br)ncn1.Cc1c(Br)ncnc1Br. The van der Waals surface area contributed by atoms with E-state index in [0.717, 1.165) is 24.0 Å². The summed E-state index contributed by atoms with van der Waals surface area (Å²) in [5, 5.41) is 0. The summed E-state index contributed by atoms with van der Waals surface area (Å²) in [5.74, 6) is 0. The lowest BCUT2D eigenvalue weighted by Gasteiger charge is -1.95. The highest BCUT2D eigenvalue weighted by Gasteiger charge is 1.98. The molecule has 2 rings (SSSR count). The fourth-order valence-corrected chi connectivity index (χ4v) is 2.47. The van der Waals surface area contributed by atoms with E-state index < -0.39 is 0 Å². The van der Waals surface area contributed by atoms with Crippen LogP contribution in [-0.4, -0.2) is 19.9 Å². The van der Waals surface area contributed by atoms with Gasteiger partial charge in [0.2, 0.25) is 0 Å². The van der Waals surface area contributed by atoms with Crippen molar-refractivity contribution in [1.82, 2.24) is 19.9 Å². The molecule has 0 atom stereocenters. The van der Waals surface area contributed by atoms with Crippen molar-refractivity contribution in [3.05, 3.63) is 42.7 Å². The molecule has 4 nitrogen and oxygen atoms in total. The molecule has 0 aliphatic carbocycles. The topological polar surface area (TPSA) is 51.6 Å². The van der Waals surface area contributed by atoms with Crippen LogP contribution < -0.4 is 0 Å². The maximum atomic E-state index is 3.92. The molecule has 2 heterocycles. The smallest absolute Gasteiger partial charge is 0.118 e. The Balaban J connectivity index is 0.000000171. The first kappa shape index (κ1) is 15.1. The second kappa shape index (κ2) is 7.50. The predicted molar refractivity (Wildman–Crippen MR) is 79.6 cm³/mol. The van der Waals surface area contributed by atoms with Crippen LogP contribution in [-0.2, 0) is 0 Å². The maximum Gasteiger partial charge on any atom is 0.118 e. The van der Waals surface area contributed by atoms with Crippen molar-refractivity contribution in [2.24, 2.45) is 0 Å². The molecule has 0 amide bonds. The second-order valence-corrected chi connectivity index (χ2v) is 5.87. The van der Waals surface area contributed by atoms with Gasteiger partial charge in [0, 0.05) is 11.6 Å². The van der Waals surface area contributed by atoms with Crippen molar-refractivity contribution >= 4 is 63.7 Å². The Kier molecular flexibility index (Phi) is 6.68. The van der Waals surface area contributed by atoms with Crippen LogP contribution in [0.1, 0.15) is 5.56 Å². The van der Waals surface area contributed by atoms with Crippen LogP contribution in [0.25, 0.3) is 0 Å². The van der Waals surface area contributed by atoms with Gasteiger partial charge in [0.1, 0.15) is 31.1 Å². The standard InChI is InChI=1S/C5H4Br2N2.C4H2Br2N2/c1-3-4(6)8-2-9-5(3)7;5-3-1-4(6)8-2-7-3/h2H,1H3;1-2H. The minimum absolute atomic E-state index is 0.791. The van der Waals surface area contributed by atoms with Crippen LogP contribution in [0.4, 0.5) is 0 Å². The molecule has 0 unspecified atom stereocenters. The van der Waals surface area contributed by atoms with Gasteiger partial charge < -0.3 is 0 Å². The third-order valence-electron chi connectivity index (χ3n) is 1.56. The van der Waals surface area contributed by atoms with Gasteiger partial charge in [-0.2, -0.15) is 0 Å². The molecule has 0 aromatic carbocycles. The largest absolute Gasteiger partial charge is 0.229 e. The van der Waals surface area contributed by atoms with Gasteiger partial charge in [-0.25, -0.2) is 19.9 Å². The number of halogens is 4. The predicted octanol–water partition coefficient (Wildman–Crippen LogP) is 4.31. The Labute approximate surface area is 132 Å². The highest BCUT2D eigenvalue weighted by atomic mass is 79.9. The molecule has 0 fully saturated rings. The molecule has 0 aliphatic heterocycles. The van der Waals surface area contributed by atoms with Crippen LogP contribution in [0, 0.1) is 6.92 Å². The van der Waals surface area contributed by atoms with E-state index in [1.807, 2.05) is 6.92 Å². The van der Waals surface area contributed by atoms with Crippen molar-refractivity contribution in [3.8, 4) is 0 Å². The monoisotopic (exact) mass is 486 g/mol. The van der Waals surface area contributed by atoms with Crippen molar-refractivity contribution in [2.75, 3.05) is 0 Å². The molecule has 2 aromatic rings. The zero-order valence-corrected chi connectivity index (χ0v) is 14.9. The second-order valence-electron chi connectivity index (χ2n) is 2.74. The Hall–Kier alpha value is 0.0800. The molecule has 2 aromatic heterocycles. The van der Waals surface area contributed by atoms with Crippen LogP contribution in [0.5, 0.6) is 0 Å². The number of nitrogens with zero attached hydrogens (tertiary/aromatic N) is 4. The lowest BCUT2D eigenvalue weighted by atomic mass is 10.4. The fourth-order valence-electron chi connectivity index (χ4n) is 0.721. The minimum atomic E-state index is 0.791. The summed E-state index contributed by atoms with van der Waals surface area (Å²) < 4.78 is 3.26. The summed E-state index contributed by atoms with van der Waals surface area (Å²) in [6.07, 6.45) is 2.98. The van der Waals surface area contributed by atoms with Gasteiger partial charge in [-0.05, 0) is 70.6 Å². The van der Waals surface area contributed by atoms with Gasteiger partial charge in [0.25, 0.3) is 0 Å². The highest BCUT2D eigenvalue weighted by Crippen LogP contribution is 2.18. The van der Waals surface area contributed by atoms with Crippen LogP contribution in [0.3, 0.4) is 0 Å². The molecule has 8 heteroatoms. The minimum Gasteiger partial charge on any atom is -0.229 e. The Bertz CT molecular complexity index is 469. The lowest BCUT2D eigenvalue weighted by Crippen LogP contribution is -1.85. The van der Waals surface area contributed by atoms with Gasteiger partial charge in [0.15, 0.2) is 0 Å². The molecule has 0 radical (unpaired) electrons. The molecule has 0 bridgehead atoms. The normalized spacial score (nSPS) is 9.47. The third-order valence-corrected chi connectivity index (χ3v) is 4.03. The number of aromatic nitrogens is 4. The molecule has 90 valence electrons. The van der Waals surface area contributed by atoms with Gasteiger partial charge in [-0.1, -0.05) is 0 Å². The van der Waals surface area contributed by atoms with E-state index in [0.29, 0.717) is 0 Å². The summed E-state index contributed by atoms with van der Waals surface area (Å²) >= 11 is 12.9. The van der Waals surface area contributed by atoms with Crippen molar-refractivity contribution in [1.29, 1.82) is 0 Å². The van der Waals surface area contributed by atoms with Crippen molar-refractivity contribution < 1.29 is 0 Å². The quantitative estimate of drug-likeness (QED) is 0.518. The number of hydrogen-bond acceptors (Lipinski definition) is 4. The van der Waals surface area contributed by atoms with E-state index in [9.17, 15) is 0 Å². The van der Waals surface area contributed by atoms with Crippen LogP contribution in [0.15, 0.2) is 37.1 Å². The first-order valence-electron chi connectivity index (χ1n) is 4.26. The zero-order chi connectivity index (χ0) is 12.8. The first-order valence-corrected chi connectivity index (χ1v) is 7.43. The molecular weight excluding hydrogens is 484 g/mol. The van der Waals surface area contributed by atoms with E-state index >= 15 is 0 Å². The van der Waals surface area contributed by atoms with Gasteiger partial charge in [0.05, 0.1) is 0 Å². The van der Waals surface area contributed by atoms with Gasteiger partial charge >= 0.3 is 0 Å². The van der Waals surface area contributed by atoms with Gasteiger partial charge in [-0.15, -0.1) is 0 Å². The Morgan fingerprint density at radius 1 is 0.765 bits per heavy atom. The zero-order valence-electron chi connectivity index (χ0n) is 8.53. The Morgan fingerprint density at radius 3 is 1.47 bits per heavy atom. The highest BCUT2D eigenvalue weighted by molar-refractivity contribution is 9.11. The summed E-state index contributed by atoms with van der Waals surface area (Å²) in [7, 11) is 0. The van der Waals surface area contributed by atoms with Crippen molar-refractivity contribution in [3.63, 3.8) is 0 Å². The number of hydrogen-bond donors (Lipinski definition) is 0. The average Bonchev–Trinajstić information content (AvgIpc) is 2.26. The molecule has 0 aliphatic rings. The summed E-state index contributed by atoms with van der Waals surface area (Å²) in [5.41, 5.74) is 1.03. The van der Waals surface area contributed by atoms with Crippen LogP contribution >= 0.6 is 63.7 Å². The Morgan fingerprint density at radius 2 is 1.18 bits per heavy atom. The fraction of sp³-hybridized carbons (Fsp3) is 0.111. The van der Waals surface area contributed by atoms with E-state index in [1.165, 1.54) is 12.7 Å². The first-order chi connectivity index (χ1) is 8.00. The van der Waals surface area contributed by atoms with E-state index in [4.69, 9.17) is 0 Å². The molecule has 0 spiro atoms.